The molecular weight excluding hydrogens is 440 g/mol. The number of rotatable bonds is 5. The number of nitrogens with one attached hydrogen (secondary N) is 2. The summed E-state index contributed by atoms with van der Waals surface area (Å²) in [5, 5.41) is 8.84. The Bertz CT molecular complexity index is 1740. The van der Waals surface area contributed by atoms with E-state index >= 15 is 0 Å². The average molecular weight is 461 g/mol. The van der Waals surface area contributed by atoms with Gasteiger partial charge in [0.2, 0.25) is 0 Å². The number of hydrogen-bond donors (Lipinski definition) is 2. The van der Waals surface area contributed by atoms with Gasteiger partial charge in [-0.2, -0.15) is 5.10 Å². The third-order valence-corrected chi connectivity index (χ3v) is 5.69. The summed E-state index contributed by atoms with van der Waals surface area (Å²) in [4.78, 5) is 33.9. The molecule has 0 bridgehead atoms. The van der Waals surface area contributed by atoms with Crippen molar-refractivity contribution in [3.63, 3.8) is 0 Å². The minimum atomic E-state index is -0.271. The van der Waals surface area contributed by atoms with Crippen molar-refractivity contribution in [1.29, 1.82) is 0 Å². The first-order chi connectivity index (χ1) is 17.1. The van der Waals surface area contributed by atoms with Crippen LogP contribution < -0.4 is 10.9 Å². The van der Waals surface area contributed by atoms with Crippen LogP contribution in [0.5, 0.6) is 0 Å². The second-order valence-corrected chi connectivity index (χ2v) is 8.13. The first kappa shape index (κ1) is 20.7. The highest BCUT2D eigenvalue weighted by Gasteiger charge is 2.18. The summed E-state index contributed by atoms with van der Waals surface area (Å²) in [7, 11) is 1.85. The molecule has 0 aliphatic rings. The molecule has 35 heavy (non-hydrogen) atoms. The van der Waals surface area contributed by atoms with Gasteiger partial charge in [-0.15, -0.1) is 0 Å². The zero-order valence-electron chi connectivity index (χ0n) is 18.8. The molecule has 0 atom stereocenters. The van der Waals surface area contributed by atoms with E-state index in [2.05, 4.69) is 25.4 Å². The largest absolute Gasteiger partial charge is 0.377 e. The zero-order valence-corrected chi connectivity index (χ0v) is 18.8. The van der Waals surface area contributed by atoms with E-state index in [4.69, 9.17) is 9.97 Å². The molecule has 6 aromatic rings. The fraction of sp³-hybridized carbons (Fsp3) is 0.0769. The molecule has 5 aromatic heterocycles. The highest BCUT2D eigenvalue weighted by Crippen LogP contribution is 2.32. The topological polar surface area (TPSA) is 114 Å². The van der Waals surface area contributed by atoms with E-state index in [-0.39, 0.29) is 5.56 Å². The molecule has 6 rings (SSSR count). The number of benzene rings is 1. The molecule has 0 spiro atoms. The third kappa shape index (κ3) is 3.99. The van der Waals surface area contributed by atoms with Crippen LogP contribution in [0.25, 0.3) is 44.7 Å². The number of anilines is 1. The highest BCUT2D eigenvalue weighted by atomic mass is 16.1. The number of aromatic amines is 1. The Morgan fingerprint density at radius 3 is 2.69 bits per heavy atom. The van der Waals surface area contributed by atoms with Gasteiger partial charge in [-0.3, -0.25) is 19.4 Å². The van der Waals surface area contributed by atoms with Gasteiger partial charge < -0.3 is 10.3 Å². The molecule has 1 aromatic carbocycles. The monoisotopic (exact) mass is 460 g/mol. The molecule has 2 N–H and O–H groups in total. The van der Waals surface area contributed by atoms with Crippen molar-refractivity contribution >= 4 is 27.8 Å². The summed E-state index contributed by atoms with van der Waals surface area (Å²) in [6.45, 7) is 0.444. The quantitative estimate of drug-likeness (QED) is 0.400. The number of fused-ring (bicyclic) bond motifs is 2. The molecule has 0 radical (unpaired) electrons. The number of aryl methyl sites for hydroxylation is 1. The van der Waals surface area contributed by atoms with Gasteiger partial charge >= 0.3 is 0 Å². The van der Waals surface area contributed by atoms with Gasteiger partial charge in [0.05, 0.1) is 29.1 Å². The van der Waals surface area contributed by atoms with Gasteiger partial charge in [-0.05, 0) is 36.4 Å². The van der Waals surface area contributed by atoms with Crippen molar-refractivity contribution in [2.24, 2.45) is 7.05 Å². The Kier molecular flexibility index (Phi) is 4.99. The lowest BCUT2D eigenvalue weighted by Crippen LogP contribution is -2.12. The molecule has 0 saturated heterocycles. The van der Waals surface area contributed by atoms with E-state index in [1.807, 2.05) is 67.8 Å². The molecular formula is C26H20N8O. The van der Waals surface area contributed by atoms with Crippen LogP contribution in [0.1, 0.15) is 5.69 Å². The van der Waals surface area contributed by atoms with Crippen LogP contribution in [0.2, 0.25) is 0 Å². The summed E-state index contributed by atoms with van der Waals surface area (Å²) < 4.78 is 1.71. The van der Waals surface area contributed by atoms with Gasteiger partial charge in [0.15, 0.2) is 5.65 Å². The van der Waals surface area contributed by atoms with E-state index in [0.717, 1.165) is 22.2 Å². The molecule has 9 nitrogen and oxygen atoms in total. The predicted molar refractivity (Wildman–Crippen MR) is 135 cm³/mol. The van der Waals surface area contributed by atoms with E-state index in [1.165, 1.54) is 6.07 Å². The lowest BCUT2D eigenvalue weighted by molar-refractivity contribution is 0.770. The van der Waals surface area contributed by atoms with Crippen LogP contribution >= 0.6 is 0 Å². The maximum atomic E-state index is 12.5. The SMILES string of the molecule is Cn1ccc(-c2nc3[nH]c(=O)cc(NCc4ccccn4)c3nc2-c2ccc3ncccc3c2)n1. The van der Waals surface area contributed by atoms with E-state index in [9.17, 15) is 4.79 Å². The minimum absolute atomic E-state index is 0.271. The molecule has 5 heterocycles. The summed E-state index contributed by atoms with van der Waals surface area (Å²) in [5.41, 5.74) is 5.78. The summed E-state index contributed by atoms with van der Waals surface area (Å²) in [6.07, 6.45) is 5.36. The smallest absolute Gasteiger partial charge is 0.251 e. The van der Waals surface area contributed by atoms with Gasteiger partial charge in [-0.25, -0.2) is 9.97 Å². The van der Waals surface area contributed by atoms with Crippen molar-refractivity contribution in [2.75, 3.05) is 5.32 Å². The minimum Gasteiger partial charge on any atom is -0.377 e. The fourth-order valence-electron chi connectivity index (χ4n) is 4.03. The molecule has 0 fully saturated rings. The van der Waals surface area contributed by atoms with Gasteiger partial charge in [0.1, 0.15) is 16.9 Å². The van der Waals surface area contributed by atoms with Crippen LogP contribution in [-0.2, 0) is 13.6 Å². The van der Waals surface area contributed by atoms with Crippen LogP contribution in [0, 0.1) is 0 Å². The Morgan fingerprint density at radius 2 is 1.86 bits per heavy atom. The summed E-state index contributed by atoms with van der Waals surface area (Å²) in [5.74, 6) is 0. The first-order valence-electron chi connectivity index (χ1n) is 11.1. The lowest BCUT2D eigenvalue weighted by Gasteiger charge is -2.13. The predicted octanol–water partition coefficient (Wildman–Crippen LogP) is 3.94. The van der Waals surface area contributed by atoms with Gasteiger partial charge in [0.25, 0.3) is 5.56 Å². The van der Waals surface area contributed by atoms with Crippen molar-refractivity contribution in [3.8, 4) is 22.6 Å². The van der Waals surface area contributed by atoms with Crippen LogP contribution in [-0.4, -0.2) is 34.7 Å². The molecule has 0 saturated carbocycles. The number of nitrogens with zero attached hydrogens (tertiary/aromatic N) is 6. The standard InChI is InChI=1S/C26H20N8O/c1-34-12-9-20(33-34)24-23(17-7-8-19-16(13-17)5-4-11-28-19)31-25-21(14-22(35)30-26(25)32-24)29-15-18-6-2-3-10-27-18/h2-14H,15H2,1H3,(H2,29,30,32,35). The number of H-pyrrole nitrogens is 1. The van der Waals surface area contributed by atoms with Crippen molar-refractivity contribution < 1.29 is 0 Å². The fourth-order valence-corrected chi connectivity index (χ4v) is 4.03. The molecule has 0 unspecified atom stereocenters. The second kappa shape index (κ2) is 8.45. The van der Waals surface area contributed by atoms with Gasteiger partial charge in [0, 0.05) is 42.7 Å². The third-order valence-electron chi connectivity index (χ3n) is 5.69. The van der Waals surface area contributed by atoms with Gasteiger partial charge in [-0.1, -0.05) is 18.2 Å². The Morgan fingerprint density at radius 1 is 0.943 bits per heavy atom. The number of pyridine rings is 3. The molecule has 0 amide bonds. The first-order valence-corrected chi connectivity index (χ1v) is 11.1. The van der Waals surface area contributed by atoms with Crippen molar-refractivity contribution in [1.82, 2.24) is 34.7 Å². The average Bonchev–Trinajstić information content (AvgIpc) is 3.33. The second-order valence-electron chi connectivity index (χ2n) is 8.13. The van der Waals surface area contributed by atoms with Crippen LogP contribution in [0.4, 0.5) is 5.69 Å². The van der Waals surface area contributed by atoms with E-state index in [1.54, 1.807) is 17.1 Å². The summed E-state index contributed by atoms with van der Waals surface area (Å²) >= 11 is 0. The van der Waals surface area contributed by atoms with Crippen LogP contribution in [0.15, 0.2) is 84.0 Å². The lowest BCUT2D eigenvalue weighted by atomic mass is 10.0. The van der Waals surface area contributed by atoms with Crippen LogP contribution in [0.3, 0.4) is 0 Å². The van der Waals surface area contributed by atoms with Crippen molar-refractivity contribution in [2.45, 2.75) is 6.54 Å². The summed E-state index contributed by atoms with van der Waals surface area (Å²) in [6, 6.07) is 19.0. The Labute approximate surface area is 199 Å². The molecule has 0 aliphatic heterocycles. The Hall–Kier alpha value is -4.92. The Balaban J connectivity index is 1.55. The number of hydrogen-bond acceptors (Lipinski definition) is 7. The molecule has 9 heteroatoms. The maximum absolute atomic E-state index is 12.5. The normalized spacial score (nSPS) is 11.2. The molecule has 170 valence electrons. The zero-order chi connectivity index (χ0) is 23.8. The molecule has 0 aliphatic carbocycles. The maximum Gasteiger partial charge on any atom is 0.251 e. The van der Waals surface area contributed by atoms with E-state index in [0.29, 0.717) is 40.5 Å². The van der Waals surface area contributed by atoms with Crippen molar-refractivity contribution in [3.05, 3.63) is 95.3 Å². The van der Waals surface area contributed by atoms with E-state index < -0.39 is 0 Å². The highest BCUT2D eigenvalue weighted by molar-refractivity contribution is 5.92. The number of aromatic nitrogens is 7.